The largest absolute Gasteiger partial charge is 0.369 e. The Kier molecular flexibility index (Phi) is 6.29. The summed E-state index contributed by atoms with van der Waals surface area (Å²) in [4.78, 5) is 32.3. The van der Waals surface area contributed by atoms with Crippen molar-refractivity contribution < 1.29 is 9.59 Å². The molecule has 0 unspecified atom stereocenters. The quantitative estimate of drug-likeness (QED) is 0.523. The fourth-order valence-electron chi connectivity index (χ4n) is 6.56. The van der Waals surface area contributed by atoms with Crippen LogP contribution in [0.2, 0.25) is 0 Å². The van der Waals surface area contributed by atoms with Crippen LogP contribution < -0.4 is 20.9 Å². The summed E-state index contributed by atoms with van der Waals surface area (Å²) in [5.41, 5.74) is 6.58. The minimum atomic E-state index is -0.269. The first-order valence-electron chi connectivity index (χ1n) is 13.6. The summed E-state index contributed by atoms with van der Waals surface area (Å²) < 4.78 is 0. The number of fused-ring (bicyclic) bond motifs is 1. The number of carbonyl (C=O) groups excluding carboxylic acids is 2. The highest BCUT2D eigenvalue weighted by Crippen LogP contribution is 2.39. The van der Waals surface area contributed by atoms with Crippen molar-refractivity contribution in [3.8, 4) is 0 Å². The monoisotopic (exact) mass is 513 g/mol. The summed E-state index contributed by atoms with van der Waals surface area (Å²) in [6.45, 7) is 9.67. The number of carbonyl (C=O) groups is 2. The molecular formula is C29H35N7O2. The van der Waals surface area contributed by atoms with Crippen LogP contribution in [0.3, 0.4) is 0 Å². The van der Waals surface area contributed by atoms with Gasteiger partial charge in [-0.2, -0.15) is 5.10 Å². The average Bonchev–Trinajstić information content (AvgIpc) is 3.51. The smallest absolute Gasteiger partial charge is 0.254 e. The Balaban J connectivity index is 1.24. The number of amides is 2. The van der Waals surface area contributed by atoms with Crippen molar-refractivity contribution in [1.29, 1.82) is 0 Å². The molecule has 1 aromatic heterocycles. The molecule has 9 heteroatoms. The SMILES string of the molecule is C=NN1CCCC/C1=C(/C)c1ccc(Nc2ccc(N3CCC[C@]4(CCNC4=O)C3)cn2)c2c1CNC2=O. The van der Waals surface area contributed by atoms with E-state index in [1.807, 2.05) is 29.4 Å². The summed E-state index contributed by atoms with van der Waals surface area (Å²) in [6.07, 6.45) is 7.90. The van der Waals surface area contributed by atoms with E-state index in [1.165, 1.54) is 5.70 Å². The van der Waals surface area contributed by atoms with E-state index >= 15 is 0 Å². The molecule has 6 rings (SSSR count). The number of hydrogen-bond donors (Lipinski definition) is 3. The van der Waals surface area contributed by atoms with E-state index in [2.05, 4.69) is 50.6 Å². The minimum Gasteiger partial charge on any atom is -0.369 e. The molecule has 0 aliphatic carbocycles. The second-order valence-electron chi connectivity index (χ2n) is 10.8. The first-order chi connectivity index (χ1) is 18.5. The molecule has 4 aliphatic rings. The molecule has 38 heavy (non-hydrogen) atoms. The molecule has 0 radical (unpaired) electrons. The third kappa shape index (κ3) is 4.19. The zero-order valence-electron chi connectivity index (χ0n) is 22.0. The van der Waals surface area contributed by atoms with Crippen molar-refractivity contribution in [3.05, 3.63) is 52.8 Å². The molecule has 1 atom stereocenters. The Morgan fingerprint density at radius 2 is 2.00 bits per heavy atom. The van der Waals surface area contributed by atoms with Crippen LogP contribution in [0.25, 0.3) is 5.57 Å². The number of benzene rings is 1. The molecule has 3 fully saturated rings. The van der Waals surface area contributed by atoms with Gasteiger partial charge in [0.25, 0.3) is 5.91 Å². The topological polar surface area (TPSA) is 102 Å². The van der Waals surface area contributed by atoms with Crippen molar-refractivity contribution in [2.45, 2.75) is 52.0 Å². The van der Waals surface area contributed by atoms with Crippen molar-refractivity contribution >= 4 is 41.3 Å². The normalized spacial score (nSPS) is 24.2. The molecule has 2 amide bonds. The van der Waals surface area contributed by atoms with Gasteiger partial charge in [-0.05, 0) is 80.3 Å². The van der Waals surface area contributed by atoms with Gasteiger partial charge in [0, 0.05) is 45.1 Å². The number of nitrogens with zero attached hydrogens (tertiary/aromatic N) is 4. The number of aromatic nitrogens is 1. The van der Waals surface area contributed by atoms with E-state index in [1.54, 1.807) is 0 Å². The first-order valence-corrected chi connectivity index (χ1v) is 13.6. The predicted molar refractivity (Wildman–Crippen MR) is 149 cm³/mol. The first kappa shape index (κ1) is 24.5. The fourth-order valence-corrected chi connectivity index (χ4v) is 6.56. The zero-order valence-corrected chi connectivity index (χ0v) is 22.0. The van der Waals surface area contributed by atoms with Crippen LogP contribution in [0.1, 0.15) is 66.9 Å². The van der Waals surface area contributed by atoms with Crippen LogP contribution in [0.15, 0.2) is 41.3 Å². The van der Waals surface area contributed by atoms with Crippen LogP contribution in [0, 0.1) is 5.41 Å². The van der Waals surface area contributed by atoms with E-state index in [-0.39, 0.29) is 17.2 Å². The van der Waals surface area contributed by atoms with E-state index < -0.39 is 0 Å². The summed E-state index contributed by atoms with van der Waals surface area (Å²) in [5, 5.41) is 15.6. The highest BCUT2D eigenvalue weighted by Gasteiger charge is 2.45. The van der Waals surface area contributed by atoms with Gasteiger partial charge in [-0.1, -0.05) is 6.07 Å². The lowest BCUT2D eigenvalue weighted by Gasteiger charge is -2.39. The van der Waals surface area contributed by atoms with Crippen molar-refractivity contribution in [2.24, 2.45) is 10.5 Å². The fraction of sp³-hybridized carbons (Fsp3) is 0.448. The lowest BCUT2D eigenvalue weighted by molar-refractivity contribution is -0.128. The molecule has 0 saturated carbocycles. The maximum Gasteiger partial charge on any atom is 0.254 e. The van der Waals surface area contributed by atoms with E-state index in [9.17, 15) is 9.59 Å². The van der Waals surface area contributed by atoms with Crippen LogP contribution in [-0.2, 0) is 11.3 Å². The average molecular weight is 514 g/mol. The Labute approximate surface area is 223 Å². The molecule has 0 bridgehead atoms. The number of piperidine rings is 2. The highest BCUT2D eigenvalue weighted by atomic mass is 16.2. The molecule has 3 N–H and O–H groups in total. The lowest BCUT2D eigenvalue weighted by atomic mass is 9.78. The van der Waals surface area contributed by atoms with Crippen molar-refractivity contribution in [2.75, 3.05) is 36.4 Å². The molecular weight excluding hydrogens is 478 g/mol. The number of allylic oxidation sites excluding steroid dienone is 2. The van der Waals surface area contributed by atoms with Gasteiger partial charge in [0.1, 0.15) is 5.82 Å². The van der Waals surface area contributed by atoms with Crippen LogP contribution in [0.5, 0.6) is 0 Å². The summed E-state index contributed by atoms with van der Waals surface area (Å²) in [7, 11) is 0. The minimum absolute atomic E-state index is 0.0745. The van der Waals surface area contributed by atoms with E-state index in [0.717, 1.165) is 92.8 Å². The Bertz CT molecular complexity index is 1320. The van der Waals surface area contributed by atoms with Gasteiger partial charge >= 0.3 is 0 Å². The molecule has 2 aromatic rings. The molecule has 198 valence electrons. The number of rotatable bonds is 5. The Hall–Kier alpha value is -3.88. The standard InChI is InChI=1S/C29H35N7O2/c1-19(24-6-3-4-15-36(24)30-2)21-8-9-23(26-22(21)17-33-27(26)37)34-25-10-7-20(16-32-25)35-14-5-11-29(18-35)12-13-31-28(29)38/h7-10,16H,2-6,11-15,17-18H2,1H3,(H,31,38)(H,32,34)(H,33,37)/b24-19+/t29-/m0/s1. The van der Waals surface area contributed by atoms with Crippen molar-refractivity contribution in [3.63, 3.8) is 0 Å². The summed E-state index contributed by atoms with van der Waals surface area (Å²) in [6, 6.07) is 8.06. The van der Waals surface area contributed by atoms with Crippen LogP contribution in [-0.4, -0.2) is 54.7 Å². The third-order valence-corrected chi connectivity index (χ3v) is 8.64. The van der Waals surface area contributed by atoms with Gasteiger partial charge in [0.05, 0.1) is 28.6 Å². The van der Waals surface area contributed by atoms with Crippen LogP contribution in [0.4, 0.5) is 17.2 Å². The maximum absolute atomic E-state index is 12.9. The number of pyridine rings is 1. The zero-order chi connectivity index (χ0) is 26.3. The third-order valence-electron chi connectivity index (χ3n) is 8.64. The van der Waals surface area contributed by atoms with Gasteiger partial charge in [-0.3, -0.25) is 14.6 Å². The summed E-state index contributed by atoms with van der Waals surface area (Å²) in [5.74, 6) is 0.791. The Morgan fingerprint density at radius 1 is 1.11 bits per heavy atom. The van der Waals surface area contributed by atoms with Gasteiger partial charge in [0.15, 0.2) is 0 Å². The predicted octanol–water partition coefficient (Wildman–Crippen LogP) is 4.01. The molecule has 1 spiro atoms. The number of hydrogen-bond acceptors (Lipinski definition) is 7. The van der Waals surface area contributed by atoms with Crippen molar-refractivity contribution in [1.82, 2.24) is 20.6 Å². The maximum atomic E-state index is 12.9. The highest BCUT2D eigenvalue weighted by molar-refractivity contribution is 6.05. The Morgan fingerprint density at radius 3 is 2.76 bits per heavy atom. The van der Waals surface area contributed by atoms with Gasteiger partial charge in [0.2, 0.25) is 5.91 Å². The molecule has 1 aromatic carbocycles. The van der Waals surface area contributed by atoms with Crippen LogP contribution >= 0.6 is 0 Å². The van der Waals surface area contributed by atoms with Gasteiger partial charge < -0.3 is 20.9 Å². The van der Waals surface area contributed by atoms with E-state index in [4.69, 9.17) is 0 Å². The number of nitrogens with one attached hydrogen (secondary N) is 3. The molecule has 4 aliphatic heterocycles. The number of hydrazone groups is 1. The lowest BCUT2D eigenvalue weighted by Crippen LogP contribution is -2.47. The number of anilines is 3. The molecule has 3 saturated heterocycles. The van der Waals surface area contributed by atoms with Gasteiger partial charge in [-0.25, -0.2) is 4.98 Å². The second kappa shape index (κ2) is 9.78. The van der Waals surface area contributed by atoms with Gasteiger partial charge in [-0.15, -0.1) is 0 Å². The molecule has 5 heterocycles. The van der Waals surface area contributed by atoms with E-state index in [0.29, 0.717) is 17.9 Å². The second-order valence-corrected chi connectivity index (χ2v) is 10.8. The molecule has 9 nitrogen and oxygen atoms in total. The summed E-state index contributed by atoms with van der Waals surface area (Å²) >= 11 is 0.